The van der Waals surface area contributed by atoms with Crippen molar-refractivity contribution in [1.29, 1.82) is 0 Å². The Kier molecular flexibility index (Phi) is 3.55. The molecule has 14 heavy (non-hydrogen) atoms. The number of carbonyl (C=O) groups is 1. The Morgan fingerprint density at radius 2 is 2.00 bits per heavy atom. The predicted molar refractivity (Wildman–Crippen MR) is 57.9 cm³/mol. The summed E-state index contributed by atoms with van der Waals surface area (Å²) in [5, 5.41) is 9.45. The molecule has 0 radical (unpaired) electrons. The van der Waals surface area contributed by atoms with Gasteiger partial charge in [-0.05, 0) is 36.3 Å². The van der Waals surface area contributed by atoms with Gasteiger partial charge in [0.25, 0.3) is 0 Å². The first-order chi connectivity index (χ1) is 6.50. The van der Waals surface area contributed by atoms with Gasteiger partial charge >= 0.3 is 5.97 Å². The zero-order valence-electron chi connectivity index (χ0n) is 7.42. The summed E-state index contributed by atoms with van der Waals surface area (Å²) in [6.45, 7) is 1.83. The molecule has 0 aromatic heterocycles. The lowest BCUT2D eigenvalue weighted by Gasteiger charge is -2.02. The van der Waals surface area contributed by atoms with E-state index in [1.165, 1.54) is 6.08 Å². The van der Waals surface area contributed by atoms with Crippen LogP contribution in [0.4, 0.5) is 0 Å². The lowest BCUT2D eigenvalue weighted by Crippen LogP contribution is -1.87. The number of rotatable bonds is 2. The number of hydrogen-bond acceptors (Lipinski definition) is 1. The smallest absolute Gasteiger partial charge is 0.328 e. The van der Waals surface area contributed by atoms with E-state index < -0.39 is 5.97 Å². The van der Waals surface area contributed by atoms with Gasteiger partial charge in [0, 0.05) is 16.1 Å². The van der Waals surface area contributed by atoms with E-state index in [1.54, 1.807) is 12.1 Å². The number of hydrogen-bond donors (Lipinski definition) is 1. The van der Waals surface area contributed by atoms with Gasteiger partial charge in [-0.2, -0.15) is 0 Å². The standard InChI is InChI=1S/C10H8Cl2O2/c1-6-4-7(2-3-10(13)14)9(12)5-8(6)11/h2-5H,1H3,(H,13,14). The van der Waals surface area contributed by atoms with Crippen molar-refractivity contribution in [3.63, 3.8) is 0 Å². The molecule has 0 saturated heterocycles. The van der Waals surface area contributed by atoms with Crippen molar-refractivity contribution in [2.24, 2.45) is 0 Å². The summed E-state index contributed by atoms with van der Waals surface area (Å²) in [6.07, 6.45) is 2.47. The third kappa shape index (κ3) is 2.76. The molecule has 0 heterocycles. The summed E-state index contributed by atoms with van der Waals surface area (Å²) in [5.41, 5.74) is 1.51. The molecule has 0 aliphatic heterocycles. The lowest BCUT2D eigenvalue weighted by molar-refractivity contribution is -0.131. The van der Waals surface area contributed by atoms with E-state index in [4.69, 9.17) is 28.3 Å². The topological polar surface area (TPSA) is 37.3 Å². The van der Waals surface area contributed by atoms with Crippen molar-refractivity contribution in [2.45, 2.75) is 6.92 Å². The van der Waals surface area contributed by atoms with Crippen LogP contribution in [-0.4, -0.2) is 11.1 Å². The quantitative estimate of drug-likeness (QED) is 0.792. The molecule has 1 aromatic rings. The first kappa shape index (κ1) is 11.1. The molecular weight excluding hydrogens is 223 g/mol. The van der Waals surface area contributed by atoms with E-state index in [2.05, 4.69) is 0 Å². The summed E-state index contributed by atoms with van der Waals surface area (Å²) < 4.78 is 0. The summed E-state index contributed by atoms with van der Waals surface area (Å²) in [6, 6.07) is 3.34. The van der Waals surface area contributed by atoms with Crippen molar-refractivity contribution in [3.8, 4) is 0 Å². The van der Waals surface area contributed by atoms with Gasteiger partial charge in [0.15, 0.2) is 0 Å². The first-order valence-corrected chi connectivity index (χ1v) is 4.63. The van der Waals surface area contributed by atoms with Crippen molar-refractivity contribution in [2.75, 3.05) is 0 Å². The molecule has 0 aliphatic carbocycles. The first-order valence-electron chi connectivity index (χ1n) is 3.87. The van der Waals surface area contributed by atoms with Crippen molar-refractivity contribution >= 4 is 35.2 Å². The second-order valence-electron chi connectivity index (χ2n) is 2.79. The van der Waals surface area contributed by atoms with E-state index in [0.29, 0.717) is 15.6 Å². The second kappa shape index (κ2) is 4.49. The van der Waals surface area contributed by atoms with Crippen LogP contribution in [0.2, 0.25) is 10.0 Å². The maximum atomic E-state index is 10.3. The number of aryl methyl sites for hydroxylation is 1. The van der Waals surface area contributed by atoms with Gasteiger partial charge in [-0.25, -0.2) is 4.79 Å². The Balaban J connectivity index is 3.10. The van der Waals surface area contributed by atoms with Crippen LogP contribution in [0.25, 0.3) is 6.08 Å². The number of carboxylic acids is 1. The molecule has 0 spiro atoms. The number of carboxylic acid groups (broad SMARTS) is 1. The van der Waals surface area contributed by atoms with Crippen molar-refractivity contribution in [1.82, 2.24) is 0 Å². The van der Waals surface area contributed by atoms with Crippen LogP contribution in [0.5, 0.6) is 0 Å². The summed E-state index contributed by atoms with van der Waals surface area (Å²) in [5.74, 6) is -1.01. The van der Waals surface area contributed by atoms with Gasteiger partial charge in [0.1, 0.15) is 0 Å². The molecule has 0 bridgehead atoms. The van der Waals surface area contributed by atoms with Gasteiger partial charge in [-0.15, -0.1) is 0 Å². The highest BCUT2D eigenvalue weighted by molar-refractivity contribution is 6.36. The van der Waals surface area contributed by atoms with Crippen LogP contribution in [0.1, 0.15) is 11.1 Å². The Labute approximate surface area is 91.8 Å². The largest absolute Gasteiger partial charge is 0.478 e. The summed E-state index contributed by atoms with van der Waals surface area (Å²) in [4.78, 5) is 10.3. The molecule has 0 saturated carbocycles. The van der Waals surface area contributed by atoms with Crippen molar-refractivity contribution in [3.05, 3.63) is 39.4 Å². The third-order valence-electron chi connectivity index (χ3n) is 1.68. The lowest BCUT2D eigenvalue weighted by atomic mass is 10.1. The number of aliphatic carboxylic acids is 1. The zero-order chi connectivity index (χ0) is 10.7. The molecule has 1 N–H and O–H groups in total. The molecule has 0 amide bonds. The fourth-order valence-electron chi connectivity index (χ4n) is 0.968. The maximum absolute atomic E-state index is 10.3. The van der Waals surface area contributed by atoms with Crippen LogP contribution in [0.3, 0.4) is 0 Å². The predicted octanol–water partition coefficient (Wildman–Crippen LogP) is 3.40. The monoisotopic (exact) mass is 230 g/mol. The van der Waals surface area contributed by atoms with E-state index in [1.807, 2.05) is 6.92 Å². The second-order valence-corrected chi connectivity index (χ2v) is 3.61. The Morgan fingerprint density at radius 1 is 1.36 bits per heavy atom. The van der Waals surface area contributed by atoms with Crippen LogP contribution in [0.15, 0.2) is 18.2 Å². The molecular formula is C10H8Cl2O2. The van der Waals surface area contributed by atoms with Crippen molar-refractivity contribution < 1.29 is 9.90 Å². The van der Waals surface area contributed by atoms with E-state index in [9.17, 15) is 4.79 Å². The average Bonchev–Trinajstić information content (AvgIpc) is 2.09. The highest BCUT2D eigenvalue weighted by Gasteiger charge is 2.02. The van der Waals surface area contributed by atoms with Crippen LogP contribution >= 0.6 is 23.2 Å². The van der Waals surface area contributed by atoms with E-state index >= 15 is 0 Å². The summed E-state index contributed by atoms with van der Waals surface area (Å²) >= 11 is 11.7. The maximum Gasteiger partial charge on any atom is 0.328 e. The fraction of sp³-hybridized carbons (Fsp3) is 0.100. The molecule has 74 valence electrons. The molecule has 0 fully saturated rings. The molecule has 1 rings (SSSR count). The normalized spacial score (nSPS) is 10.8. The van der Waals surface area contributed by atoms with Gasteiger partial charge in [-0.3, -0.25) is 0 Å². The number of benzene rings is 1. The Morgan fingerprint density at radius 3 is 2.57 bits per heavy atom. The van der Waals surface area contributed by atoms with E-state index in [-0.39, 0.29) is 0 Å². The minimum Gasteiger partial charge on any atom is -0.478 e. The summed E-state index contributed by atoms with van der Waals surface area (Å²) in [7, 11) is 0. The van der Waals surface area contributed by atoms with E-state index in [0.717, 1.165) is 11.6 Å². The Hall–Kier alpha value is -0.990. The van der Waals surface area contributed by atoms with Gasteiger partial charge in [-0.1, -0.05) is 23.2 Å². The number of halogens is 2. The molecule has 0 aliphatic rings. The molecule has 2 nitrogen and oxygen atoms in total. The third-order valence-corrected chi connectivity index (χ3v) is 2.42. The SMILES string of the molecule is Cc1cc(C=CC(=O)O)c(Cl)cc1Cl. The van der Waals surface area contributed by atoms with Crippen LogP contribution in [-0.2, 0) is 4.79 Å². The highest BCUT2D eigenvalue weighted by Crippen LogP contribution is 2.25. The highest BCUT2D eigenvalue weighted by atomic mass is 35.5. The van der Waals surface area contributed by atoms with Gasteiger partial charge < -0.3 is 5.11 Å². The Bertz CT molecular complexity index is 397. The molecule has 4 heteroatoms. The van der Waals surface area contributed by atoms with Crippen LogP contribution in [0, 0.1) is 6.92 Å². The van der Waals surface area contributed by atoms with Gasteiger partial charge in [0.2, 0.25) is 0 Å². The fourth-order valence-corrected chi connectivity index (χ4v) is 1.41. The molecule has 0 unspecified atom stereocenters. The molecule has 1 aromatic carbocycles. The minimum atomic E-state index is -1.01. The zero-order valence-corrected chi connectivity index (χ0v) is 8.93. The average molecular weight is 231 g/mol. The minimum absolute atomic E-state index is 0.443. The van der Waals surface area contributed by atoms with Gasteiger partial charge in [0.05, 0.1) is 0 Å². The van der Waals surface area contributed by atoms with Crippen LogP contribution < -0.4 is 0 Å². The molecule has 0 atom stereocenters.